The zero-order valence-corrected chi connectivity index (χ0v) is 12.2. The zero-order chi connectivity index (χ0) is 13.5. The maximum Gasteiger partial charge on any atom is 0.0256 e. The van der Waals surface area contributed by atoms with Crippen molar-refractivity contribution < 1.29 is 0 Å². The van der Waals surface area contributed by atoms with E-state index in [0.29, 0.717) is 0 Å². The van der Waals surface area contributed by atoms with E-state index in [-0.39, 0.29) is 6.04 Å². The first-order valence-corrected chi connectivity index (χ1v) is 7.76. The van der Waals surface area contributed by atoms with Crippen molar-refractivity contribution in [1.82, 2.24) is 0 Å². The molecule has 0 spiro atoms. The van der Waals surface area contributed by atoms with E-state index in [4.69, 9.17) is 5.73 Å². The summed E-state index contributed by atoms with van der Waals surface area (Å²) in [6.45, 7) is 2.15. The number of allylic oxidation sites excluding steroid dienone is 1. The summed E-state index contributed by atoms with van der Waals surface area (Å²) in [5.74, 6) is 0. The van der Waals surface area contributed by atoms with E-state index in [1.165, 1.54) is 55.2 Å². The van der Waals surface area contributed by atoms with Gasteiger partial charge in [-0.25, -0.2) is 0 Å². The molecule has 1 aliphatic rings. The Morgan fingerprint density at radius 2 is 2.00 bits per heavy atom. The van der Waals surface area contributed by atoms with Crippen LogP contribution in [0.25, 0.3) is 0 Å². The molecule has 104 valence electrons. The van der Waals surface area contributed by atoms with Crippen molar-refractivity contribution in [3.05, 3.63) is 47.0 Å². The Kier molecular flexibility index (Phi) is 5.65. The highest BCUT2D eigenvalue weighted by molar-refractivity contribution is 5.23. The lowest BCUT2D eigenvalue weighted by Crippen LogP contribution is -2.24. The maximum atomic E-state index is 6.39. The van der Waals surface area contributed by atoms with Crippen LogP contribution in [0.2, 0.25) is 0 Å². The summed E-state index contributed by atoms with van der Waals surface area (Å²) in [5, 5.41) is 0. The van der Waals surface area contributed by atoms with Gasteiger partial charge in [-0.1, -0.05) is 54.3 Å². The van der Waals surface area contributed by atoms with Crippen LogP contribution in [0.3, 0.4) is 0 Å². The largest absolute Gasteiger partial charge is 0.324 e. The maximum absolute atomic E-state index is 6.39. The monoisotopic (exact) mass is 257 g/mol. The summed E-state index contributed by atoms with van der Waals surface area (Å²) in [6.07, 6.45) is 12.5. The van der Waals surface area contributed by atoms with Crippen LogP contribution < -0.4 is 5.73 Å². The predicted molar refractivity (Wildman–Crippen MR) is 83.3 cm³/mol. The molecule has 1 heteroatoms. The van der Waals surface area contributed by atoms with Crippen LogP contribution >= 0.6 is 0 Å². The Labute approximate surface area is 117 Å². The number of hydrogen-bond acceptors (Lipinski definition) is 1. The first kappa shape index (κ1) is 14.3. The lowest BCUT2D eigenvalue weighted by atomic mass is 9.92. The lowest BCUT2D eigenvalue weighted by Gasteiger charge is -2.18. The van der Waals surface area contributed by atoms with Gasteiger partial charge in [-0.2, -0.15) is 0 Å². The summed E-state index contributed by atoms with van der Waals surface area (Å²) in [6, 6.07) is 9.05. The van der Waals surface area contributed by atoms with Gasteiger partial charge in [-0.15, -0.1) is 0 Å². The predicted octanol–water partition coefficient (Wildman–Crippen LogP) is 4.54. The quantitative estimate of drug-likeness (QED) is 0.788. The lowest BCUT2D eigenvalue weighted by molar-refractivity contribution is 0.581. The molecule has 2 N–H and O–H groups in total. The molecule has 2 rings (SSSR count). The van der Waals surface area contributed by atoms with Crippen LogP contribution in [0.15, 0.2) is 35.9 Å². The molecule has 0 amide bonds. The Morgan fingerprint density at radius 1 is 1.16 bits per heavy atom. The van der Waals surface area contributed by atoms with Gasteiger partial charge in [0.15, 0.2) is 0 Å². The Morgan fingerprint density at radius 3 is 2.84 bits per heavy atom. The van der Waals surface area contributed by atoms with Gasteiger partial charge in [0.2, 0.25) is 0 Å². The molecule has 0 saturated carbocycles. The minimum absolute atomic E-state index is 0.263. The van der Waals surface area contributed by atoms with Crippen LogP contribution in [-0.2, 0) is 6.42 Å². The SMILES string of the molecule is Cc1cccc(CCC(N)/C2=C/CCCCCC2)c1. The third-order valence-corrected chi connectivity index (χ3v) is 4.13. The number of hydrogen-bond donors (Lipinski definition) is 1. The van der Waals surface area contributed by atoms with Gasteiger partial charge >= 0.3 is 0 Å². The van der Waals surface area contributed by atoms with Crippen LogP contribution in [-0.4, -0.2) is 6.04 Å². The average molecular weight is 257 g/mol. The fourth-order valence-electron chi connectivity index (χ4n) is 2.93. The smallest absolute Gasteiger partial charge is 0.0256 e. The second-order valence-corrected chi connectivity index (χ2v) is 5.87. The number of nitrogens with two attached hydrogens (primary N) is 1. The summed E-state index contributed by atoms with van der Waals surface area (Å²) >= 11 is 0. The van der Waals surface area contributed by atoms with E-state index in [2.05, 4.69) is 37.3 Å². The molecular formula is C18H27N. The van der Waals surface area contributed by atoms with Crippen LogP contribution in [0.5, 0.6) is 0 Å². The van der Waals surface area contributed by atoms with Crippen molar-refractivity contribution in [2.24, 2.45) is 5.73 Å². The van der Waals surface area contributed by atoms with E-state index in [0.717, 1.165) is 12.8 Å². The molecule has 1 unspecified atom stereocenters. The highest BCUT2D eigenvalue weighted by atomic mass is 14.6. The summed E-state index contributed by atoms with van der Waals surface area (Å²) in [5.41, 5.74) is 10.7. The molecule has 0 heterocycles. The molecule has 0 bridgehead atoms. The minimum atomic E-state index is 0.263. The van der Waals surface area contributed by atoms with Crippen molar-refractivity contribution in [3.8, 4) is 0 Å². The fourth-order valence-corrected chi connectivity index (χ4v) is 2.93. The third-order valence-electron chi connectivity index (χ3n) is 4.13. The second kappa shape index (κ2) is 7.49. The first-order valence-electron chi connectivity index (χ1n) is 7.76. The molecule has 1 aliphatic carbocycles. The molecule has 1 atom stereocenters. The van der Waals surface area contributed by atoms with E-state index in [9.17, 15) is 0 Å². The van der Waals surface area contributed by atoms with Gasteiger partial charge in [0, 0.05) is 6.04 Å². The van der Waals surface area contributed by atoms with Crippen LogP contribution in [0.4, 0.5) is 0 Å². The fraction of sp³-hybridized carbons (Fsp3) is 0.556. The molecule has 19 heavy (non-hydrogen) atoms. The Bertz CT molecular complexity index is 419. The number of rotatable bonds is 4. The Hall–Kier alpha value is -1.08. The van der Waals surface area contributed by atoms with Crippen molar-refractivity contribution in [3.63, 3.8) is 0 Å². The number of benzene rings is 1. The summed E-state index contributed by atoms with van der Waals surface area (Å²) < 4.78 is 0. The third kappa shape index (κ3) is 4.83. The summed E-state index contributed by atoms with van der Waals surface area (Å²) in [4.78, 5) is 0. The molecule has 0 aliphatic heterocycles. The minimum Gasteiger partial charge on any atom is -0.324 e. The van der Waals surface area contributed by atoms with Gasteiger partial charge < -0.3 is 5.73 Å². The molecule has 1 nitrogen and oxygen atoms in total. The second-order valence-electron chi connectivity index (χ2n) is 5.87. The van der Waals surface area contributed by atoms with Gasteiger partial charge in [-0.3, -0.25) is 0 Å². The van der Waals surface area contributed by atoms with E-state index >= 15 is 0 Å². The topological polar surface area (TPSA) is 26.0 Å². The van der Waals surface area contributed by atoms with Crippen molar-refractivity contribution >= 4 is 0 Å². The Balaban J connectivity index is 1.87. The van der Waals surface area contributed by atoms with Gasteiger partial charge in [0.05, 0.1) is 0 Å². The average Bonchev–Trinajstić information content (AvgIpc) is 2.36. The normalized spacial score (nSPS) is 21.1. The van der Waals surface area contributed by atoms with E-state index in [1.807, 2.05) is 0 Å². The number of aryl methyl sites for hydroxylation is 2. The molecule has 0 saturated heterocycles. The van der Waals surface area contributed by atoms with Gasteiger partial charge in [0.25, 0.3) is 0 Å². The van der Waals surface area contributed by atoms with E-state index in [1.54, 1.807) is 0 Å². The molecule has 1 aromatic rings. The molecule has 0 fully saturated rings. The molecule has 0 aromatic heterocycles. The van der Waals surface area contributed by atoms with Gasteiger partial charge in [0.1, 0.15) is 0 Å². The van der Waals surface area contributed by atoms with E-state index < -0.39 is 0 Å². The molecule has 1 aromatic carbocycles. The van der Waals surface area contributed by atoms with Crippen LogP contribution in [0, 0.1) is 6.92 Å². The van der Waals surface area contributed by atoms with Crippen LogP contribution in [0.1, 0.15) is 56.1 Å². The highest BCUT2D eigenvalue weighted by Gasteiger charge is 2.10. The van der Waals surface area contributed by atoms with Crippen molar-refractivity contribution in [2.45, 2.75) is 64.3 Å². The molecular weight excluding hydrogens is 230 g/mol. The highest BCUT2D eigenvalue weighted by Crippen LogP contribution is 2.21. The zero-order valence-electron chi connectivity index (χ0n) is 12.2. The summed E-state index contributed by atoms with van der Waals surface area (Å²) in [7, 11) is 0. The standard InChI is InChI=1S/C18H27N/c1-15-8-7-9-16(14-15)12-13-18(19)17-10-5-3-2-4-6-11-17/h7-10,14,18H,2-6,11-13,19H2,1H3/b17-10+. The first-order chi connectivity index (χ1) is 9.25. The van der Waals surface area contributed by atoms with Gasteiger partial charge in [-0.05, 0) is 51.0 Å². The van der Waals surface area contributed by atoms with Crippen molar-refractivity contribution in [1.29, 1.82) is 0 Å². The molecule has 0 radical (unpaired) electrons. The van der Waals surface area contributed by atoms with Crippen molar-refractivity contribution in [2.75, 3.05) is 0 Å².